The molecule has 0 aromatic heterocycles. The van der Waals surface area contributed by atoms with Crippen molar-refractivity contribution >= 4 is 11.8 Å². The van der Waals surface area contributed by atoms with Gasteiger partial charge in [-0.05, 0) is 35.4 Å². The van der Waals surface area contributed by atoms with Crippen LogP contribution in [0.25, 0.3) is 0 Å². The van der Waals surface area contributed by atoms with Crippen molar-refractivity contribution in [1.29, 1.82) is 0 Å². The molecule has 2 aromatic carbocycles. The number of methoxy groups -OCH3 is 1. The van der Waals surface area contributed by atoms with Gasteiger partial charge in [0.15, 0.2) is 11.5 Å². The summed E-state index contributed by atoms with van der Waals surface area (Å²) >= 11 is 0. The highest BCUT2D eigenvalue weighted by Crippen LogP contribution is 2.32. The molecule has 0 unspecified atom stereocenters. The lowest BCUT2D eigenvalue weighted by molar-refractivity contribution is -0.129. The number of amides is 2. The molecule has 146 valence electrons. The summed E-state index contributed by atoms with van der Waals surface area (Å²) in [5.74, 6) is 1.73. The van der Waals surface area contributed by atoms with E-state index >= 15 is 0 Å². The van der Waals surface area contributed by atoms with Gasteiger partial charge in [-0.3, -0.25) is 9.59 Å². The monoisotopic (exact) mass is 382 g/mol. The zero-order valence-electron chi connectivity index (χ0n) is 15.6. The van der Waals surface area contributed by atoms with Crippen molar-refractivity contribution < 1.29 is 23.8 Å². The summed E-state index contributed by atoms with van der Waals surface area (Å²) in [5, 5.41) is 2.92. The molecule has 4 rings (SSSR count). The van der Waals surface area contributed by atoms with Crippen molar-refractivity contribution in [2.24, 2.45) is 5.92 Å². The molecule has 0 bridgehead atoms. The SMILES string of the molecule is COc1ccc(CN2C[C@H](C(=O)NCc3ccc4c(c3)OCO4)CC2=O)cc1. The first-order valence-corrected chi connectivity index (χ1v) is 9.19. The normalized spacial score (nSPS) is 17.7. The molecule has 1 atom stereocenters. The number of fused-ring (bicyclic) bond motifs is 1. The van der Waals surface area contributed by atoms with E-state index in [0.29, 0.717) is 31.1 Å². The summed E-state index contributed by atoms with van der Waals surface area (Å²) in [4.78, 5) is 26.6. The van der Waals surface area contributed by atoms with Gasteiger partial charge in [-0.1, -0.05) is 18.2 Å². The molecular formula is C21H22N2O5. The standard InChI is InChI=1S/C21H22N2O5/c1-26-17-5-2-14(3-6-17)11-23-12-16(9-20(23)24)21(25)22-10-15-4-7-18-19(8-15)28-13-27-18/h2-8,16H,9-13H2,1H3,(H,22,25)/t16-/m1/s1. The van der Waals surface area contributed by atoms with Crippen LogP contribution in [0.2, 0.25) is 0 Å². The van der Waals surface area contributed by atoms with Crippen molar-refractivity contribution in [2.45, 2.75) is 19.5 Å². The van der Waals surface area contributed by atoms with E-state index in [4.69, 9.17) is 14.2 Å². The molecule has 0 saturated carbocycles. The molecule has 2 aliphatic rings. The van der Waals surface area contributed by atoms with Crippen LogP contribution in [-0.2, 0) is 22.7 Å². The third-order valence-corrected chi connectivity index (χ3v) is 5.02. The molecule has 2 aromatic rings. The molecule has 2 aliphatic heterocycles. The Morgan fingerprint density at radius 2 is 1.89 bits per heavy atom. The van der Waals surface area contributed by atoms with E-state index in [2.05, 4.69) is 5.32 Å². The fraction of sp³-hybridized carbons (Fsp3) is 0.333. The van der Waals surface area contributed by atoms with Gasteiger partial charge >= 0.3 is 0 Å². The molecular weight excluding hydrogens is 360 g/mol. The third kappa shape index (κ3) is 3.88. The Kier molecular flexibility index (Phi) is 5.06. The van der Waals surface area contributed by atoms with Crippen LogP contribution in [0.3, 0.4) is 0 Å². The lowest BCUT2D eigenvalue weighted by Gasteiger charge is -2.17. The van der Waals surface area contributed by atoms with Gasteiger partial charge in [0.05, 0.1) is 13.0 Å². The molecule has 7 heteroatoms. The van der Waals surface area contributed by atoms with Gasteiger partial charge in [-0.2, -0.15) is 0 Å². The Labute approximate surface area is 163 Å². The maximum absolute atomic E-state index is 12.5. The van der Waals surface area contributed by atoms with Crippen LogP contribution in [0.15, 0.2) is 42.5 Å². The van der Waals surface area contributed by atoms with Gasteiger partial charge in [0.1, 0.15) is 5.75 Å². The number of carbonyl (C=O) groups is 2. The molecule has 28 heavy (non-hydrogen) atoms. The maximum atomic E-state index is 12.5. The highest BCUT2D eigenvalue weighted by molar-refractivity contribution is 5.89. The van der Waals surface area contributed by atoms with Crippen LogP contribution in [-0.4, -0.2) is 37.2 Å². The third-order valence-electron chi connectivity index (χ3n) is 5.02. The minimum Gasteiger partial charge on any atom is -0.497 e. The van der Waals surface area contributed by atoms with Gasteiger partial charge in [-0.25, -0.2) is 0 Å². The summed E-state index contributed by atoms with van der Waals surface area (Å²) < 4.78 is 15.8. The fourth-order valence-electron chi connectivity index (χ4n) is 3.44. The van der Waals surface area contributed by atoms with E-state index < -0.39 is 0 Å². The van der Waals surface area contributed by atoms with Crippen LogP contribution in [0.4, 0.5) is 0 Å². The van der Waals surface area contributed by atoms with Gasteiger partial charge in [0.2, 0.25) is 18.6 Å². The molecule has 1 N–H and O–H groups in total. The smallest absolute Gasteiger partial charge is 0.231 e. The van der Waals surface area contributed by atoms with Crippen molar-refractivity contribution in [3.8, 4) is 17.2 Å². The number of hydrogen-bond donors (Lipinski definition) is 1. The lowest BCUT2D eigenvalue weighted by atomic mass is 10.1. The Balaban J connectivity index is 1.30. The summed E-state index contributed by atoms with van der Waals surface area (Å²) in [6, 6.07) is 13.2. The van der Waals surface area contributed by atoms with Gasteiger partial charge in [0, 0.05) is 26.1 Å². The molecule has 2 heterocycles. The van der Waals surface area contributed by atoms with Crippen LogP contribution >= 0.6 is 0 Å². The number of rotatable bonds is 6. The average Bonchev–Trinajstić information content (AvgIpc) is 3.33. The van der Waals surface area contributed by atoms with Crippen molar-refractivity contribution in [3.63, 3.8) is 0 Å². The number of nitrogens with zero attached hydrogens (tertiary/aromatic N) is 1. The first-order valence-electron chi connectivity index (χ1n) is 9.19. The Morgan fingerprint density at radius 1 is 1.14 bits per heavy atom. The highest BCUT2D eigenvalue weighted by atomic mass is 16.7. The van der Waals surface area contributed by atoms with Crippen LogP contribution in [0.5, 0.6) is 17.2 Å². The largest absolute Gasteiger partial charge is 0.497 e. The minimum absolute atomic E-state index is 0.000882. The summed E-state index contributed by atoms with van der Waals surface area (Å²) in [6.45, 7) is 1.53. The number of benzene rings is 2. The number of hydrogen-bond acceptors (Lipinski definition) is 5. The zero-order chi connectivity index (χ0) is 19.5. The quantitative estimate of drug-likeness (QED) is 0.828. The second-order valence-electron chi connectivity index (χ2n) is 6.93. The zero-order valence-corrected chi connectivity index (χ0v) is 15.6. The van der Waals surface area contributed by atoms with E-state index in [9.17, 15) is 9.59 Å². The summed E-state index contributed by atoms with van der Waals surface area (Å²) in [6.07, 6.45) is 0.239. The minimum atomic E-state index is -0.334. The Bertz CT molecular complexity index is 881. The van der Waals surface area contributed by atoms with Gasteiger partial charge < -0.3 is 24.4 Å². The highest BCUT2D eigenvalue weighted by Gasteiger charge is 2.34. The summed E-state index contributed by atoms with van der Waals surface area (Å²) in [5.41, 5.74) is 1.94. The number of ether oxygens (including phenoxy) is 3. The van der Waals surface area contributed by atoms with Gasteiger partial charge in [-0.15, -0.1) is 0 Å². The van der Waals surface area contributed by atoms with Crippen molar-refractivity contribution in [1.82, 2.24) is 10.2 Å². The van der Waals surface area contributed by atoms with E-state index in [1.807, 2.05) is 42.5 Å². The number of likely N-dealkylation sites (tertiary alicyclic amines) is 1. The number of carbonyl (C=O) groups excluding carboxylic acids is 2. The predicted molar refractivity (Wildman–Crippen MR) is 101 cm³/mol. The second kappa shape index (κ2) is 7.80. The van der Waals surface area contributed by atoms with E-state index in [1.54, 1.807) is 12.0 Å². The lowest BCUT2D eigenvalue weighted by Crippen LogP contribution is -2.32. The Hall–Kier alpha value is -3.22. The molecule has 0 spiro atoms. The molecule has 1 saturated heterocycles. The average molecular weight is 382 g/mol. The van der Waals surface area contributed by atoms with Crippen LogP contribution < -0.4 is 19.5 Å². The van der Waals surface area contributed by atoms with Gasteiger partial charge in [0.25, 0.3) is 0 Å². The summed E-state index contributed by atoms with van der Waals surface area (Å²) in [7, 11) is 1.62. The maximum Gasteiger partial charge on any atom is 0.231 e. The first kappa shape index (κ1) is 18.2. The molecule has 0 aliphatic carbocycles. The van der Waals surface area contributed by atoms with E-state index in [0.717, 1.165) is 16.9 Å². The molecule has 1 fully saturated rings. The molecule has 2 amide bonds. The fourth-order valence-corrected chi connectivity index (χ4v) is 3.44. The Morgan fingerprint density at radius 3 is 2.68 bits per heavy atom. The van der Waals surface area contributed by atoms with Crippen molar-refractivity contribution in [2.75, 3.05) is 20.4 Å². The number of nitrogens with one attached hydrogen (secondary N) is 1. The topological polar surface area (TPSA) is 77.1 Å². The molecule has 7 nitrogen and oxygen atoms in total. The van der Waals surface area contributed by atoms with Crippen LogP contribution in [0, 0.1) is 5.92 Å². The second-order valence-corrected chi connectivity index (χ2v) is 6.93. The predicted octanol–water partition coefficient (Wildman–Crippen LogP) is 2.09. The van der Waals surface area contributed by atoms with E-state index in [-0.39, 0.29) is 30.9 Å². The first-order chi connectivity index (χ1) is 13.6. The van der Waals surface area contributed by atoms with Crippen LogP contribution in [0.1, 0.15) is 17.5 Å². The van der Waals surface area contributed by atoms with Crippen molar-refractivity contribution in [3.05, 3.63) is 53.6 Å². The molecule has 0 radical (unpaired) electrons. The van der Waals surface area contributed by atoms with E-state index in [1.165, 1.54) is 0 Å².